The van der Waals surface area contributed by atoms with E-state index in [2.05, 4.69) is 0 Å². The molecule has 0 radical (unpaired) electrons. The summed E-state index contributed by atoms with van der Waals surface area (Å²) in [7, 11) is 0. The molecule has 37 heavy (non-hydrogen) atoms. The van der Waals surface area contributed by atoms with Crippen LogP contribution in [0.1, 0.15) is 41.5 Å². The van der Waals surface area contributed by atoms with Gasteiger partial charge in [0.25, 0.3) is 0 Å². The molecule has 0 atom stereocenters. The van der Waals surface area contributed by atoms with Gasteiger partial charge in [-0.25, -0.2) is 9.59 Å². The van der Waals surface area contributed by atoms with Crippen LogP contribution >= 0.6 is 0 Å². The molecule has 3 rings (SSSR count). The van der Waals surface area contributed by atoms with Crippen LogP contribution in [0.2, 0.25) is 0 Å². The Kier molecular flexibility index (Phi) is 10.8. The normalized spacial score (nSPS) is 17.8. The summed E-state index contributed by atoms with van der Waals surface area (Å²) in [5.41, 5.74) is 4.35. The Balaban J connectivity index is 0.00000481. The van der Waals surface area contributed by atoms with Crippen molar-refractivity contribution in [2.24, 2.45) is 9.98 Å². The molecular weight excluding hydrogens is 515 g/mol. The molecule has 0 N–H and O–H groups in total. The van der Waals surface area contributed by atoms with Gasteiger partial charge in [0.1, 0.15) is 0 Å². The van der Waals surface area contributed by atoms with Crippen LogP contribution in [0.25, 0.3) is 10.6 Å². The molecule has 0 aliphatic carbocycles. The summed E-state index contributed by atoms with van der Waals surface area (Å²) in [6.45, 7) is 10.9. The van der Waals surface area contributed by atoms with E-state index in [-0.39, 0.29) is 40.9 Å². The molecule has 0 bridgehead atoms. The van der Waals surface area contributed by atoms with E-state index in [1.807, 2.05) is 24.3 Å². The van der Waals surface area contributed by atoms with Gasteiger partial charge in [0, 0.05) is 11.4 Å². The van der Waals surface area contributed by atoms with Crippen LogP contribution in [0.4, 0.5) is 22.7 Å². The van der Waals surface area contributed by atoms with Crippen molar-refractivity contribution < 1.29 is 35.6 Å². The van der Waals surface area contributed by atoms with Gasteiger partial charge in [0.2, 0.25) is 0 Å². The zero-order valence-corrected chi connectivity index (χ0v) is 22.8. The third kappa shape index (κ3) is 7.17. The molecule has 196 valence electrons. The minimum absolute atomic E-state index is 0. The van der Waals surface area contributed by atoms with Crippen molar-refractivity contribution in [1.82, 2.24) is 0 Å². The summed E-state index contributed by atoms with van der Waals surface area (Å²) in [6.07, 6.45) is 0. The van der Waals surface area contributed by atoms with E-state index in [0.717, 1.165) is 0 Å². The van der Waals surface area contributed by atoms with Crippen molar-refractivity contribution in [1.29, 1.82) is 0 Å². The largest absolute Gasteiger partial charge is 2.00 e. The number of hydrogen-bond acceptors (Lipinski definition) is 6. The van der Waals surface area contributed by atoms with Crippen molar-refractivity contribution in [3.8, 4) is 0 Å². The number of hydrogen-bond donors (Lipinski definition) is 0. The Morgan fingerprint density at radius 1 is 0.676 bits per heavy atom. The van der Waals surface area contributed by atoms with E-state index < -0.39 is 11.9 Å². The predicted octanol–water partition coefficient (Wildman–Crippen LogP) is 7.27. The smallest absolute Gasteiger partial charge is 0.659 e. The zero-order chi connectivity index (χ0) is 26.2. The average Bonchev–Trinajstić information content (AvgIpc) is 2.81. The van der Waals surface area contributed by atoms with Crippen LogP contribution in [-0.4, -0.2) is 36.6 Å². The van der Waals surface area contributed by atoms with Gasteiger partial charge in [-0.3, -0.25) is 9.98 Å². The molecule has 1 heterocycles. The molecule has 0 saturated heterocycles. The summed E-state index contributed by atoms with van der Waals surface area (Å²) >= 11 is 0. The van der Waals surface area contributed by atoms with Crippen LogP contribution in [-0.2, 0) is 35.6 Å². The molecule has 2 aromatic carbocycles. The van der Waals surface area contributed by atoms with Crippen LogP contribution in [0, 0.1) is 0 Å². The Morgan fingerprint density at radius 2 is 1.03 bits per heavy atom. The number of nitrogens with zero attached hydrogens (tertiary/aromatic N) is 4. The van der Waals surface area contributed by atoms with Gasteiger partial charge in [-0.2, -0.15) is 0 Å². The van der Waals surface area contributed by atoms with Gasteiger partial charge in [-0.05, 0) is 39.8 Å². The first kappa shape index (κ1) is 29.5. The Bertz CT molecular complexity index is 1200. The maximum Gasteiger partial charge on any atom is 2.00 e. The maximum atomic E-state index is 12.9. The first-order valence-corrected chi connectivity index (χ1v) is 11.8. The fourth-order valence-electron chi connectivity index (χ4n) is 3.77. The van der Waals surface area contributed by atoms with Gasteiger partial charge in [-0.15, -0.1) is 22.8 Å². The van der Waals surface area contributed by atoms with Gasteiger partial charge >= 0.3 is 28.4 Å². The van der Waals surface area contributed by atoms with Crippen LogP contribution < -0.4 is 0 Å². The number of carbonyl (C=O) groups excluding carboxylic acids is 2. The molecule has 0 aromatic heterocycles. The molecule has 0 unspecified atom stereocenters. The Hall–Kier alpha value is -3.71. The molecule has 0 fully saturated rings. The standard InChI is InChI=1S/C28H32N4O4.Ni/c1-7-35-27(33)25-17(3)29-21-13-9-11-15-23(21)31-19(5)26(28(34)36-8-2)20(6)32-24-16-12-10-14-22(24)30-18(25)4;/h9-16H,7-8H2,1-6H3,(H2,29,30,31,32,33,34);/q;+2/p-2. The van der Waals surface area contributed by atoms with E-state index in [9.17, 15) is 9.59 Å². The van der Waals surface area contributed by atoms with Crippen molar-refractivity contribution in [2.75, 3.05) is 13.2 Å². The number of carbonyl (C=O) groups is 2. The first-order chi connectivity index (χ1) is 17.3. The summed E-state index contributed by atoms with van der Waals surface area (Å²) in [5.74, 6) is -1.03. The topological polar surface area (TPSA) is 106 Å². The third-order valence-electron chi connectivity index (χ3n) is 5.32. The number of ether oxygens (including phenoxy) is 2. The number of allylic oxidation sites excluding steroid dienone is 2. The second-order valence-electron chi connectivity index (χ2n) is 7.96. The second-order valence-corrected chi connectivity index (χ2v) is 7.96. The Morgan fingerprint density at radius 3 is 1.38 bits per heavy atom. The van der Waals surface area contributed by atoms with Gasteiger partial charge in [0.15, 0.2) is 0 Å². The summed E-state index contributed by atoms with van der Waals surface area (Å²) < 4.78 is 10.6. The minimum atomic E-state index is -0.514. The average molecular weight is 545 g/mol. The Labute approximate surface area is 227 Å². The van der Waals surface area contributed by atoms with Crippen molar-refractivity contribution in [3.63, 3.8) is 0 Å². The first-order valence-electron chi connectivity index (χ1n) is 11.8. The molecule has 0 spiro atoms. The van der Waals surface area contributed by atoms with Gasteiger partial charge in [-0.1, -0.05) is 50.2 Å². The summed E-state index contributed by atoms with van der Waals surface area (Å²) in [5, 5.41) is 9.43. The van der Waals surface area contributed by atoms with Gasteiger partial charge in [0.05, 0.1) is 35.8 Å². The number of para-hydroxylation sites is 4. The fourth-order valence-corrected chi connectivity index (χ4v) is 3.77. The van der Waals surface area contributed by atoms with E-state index in [0.29, 0.717) is 45.6 Å². The summed E-state index contributed by atoms with van der Waals surface area (Å²) in [6, 6.07) is 14.5. The predicted molar refractivity (Wildman–Crippen MR) is 143 cm³/mol. The van der Waals surface area contributed by atoms with Crippen molar-refractivity contribution >= 4 is 46.1 Å². The molecule has 8 nitrogen and oxygen atoms in total. The third-order valence-corrected chi connectivity index (χ3v) is 5.32. The number of rotatable bonds is 4. The monoisotopic (exact) mass is 544 g/mol. The quantitative estimate of drug-likeness (QED) is 0.298. The molecular formula is C28H30N4NiO4. The zero-order valence-electron chi connectivity index (χ0n) is 21.8. The molecule has 0 amide bonds. The minimum Gasteiger partial charge on any atom is -0.659 e. The van der Waals surface area contributed by atoms with Crippen LogP contribution in [0.3, 0.4) is 0 Å². The number of fused-ring (bicyclic) bond motifs is 2. The fraction of sp³-hybridized carbons (Fsp3) is 0.286. The number of benzene rings is 2. The number of esters is 2. The molecule has 1 aliphatic heterocycles. The molecule has 1 aliphatic rings. The molecule has 9 heteroatoms. The van der Waals surface area contributed by atoms with E-state index >= 15 is 0 Å². The van der Waals surface area contributed by atoms with Gasteiger partial charge < -0.3 is 20.1 Å². The van der Waals surface area contributed by atoms with E-state index in [1.165, 1.54) is 0 Å². The maximum absolute atomic E-state index is 12.9. The van der Waals surface area contributed by atoms with Crippen LogP contribution in [0.5, 0.6) is 0 Å². The van der Waals surface area contributed by atoms with Crippen LogP contribution in [0.15, 0.2) is 81.1 Å². The number of aliphatic imine (C=N–C) groups is 2. The van der Waals surface area contributed by atoms with Crippen molar-refractivity contribution in [2.45, 2.75) is 41.5 Å². The van der Waals surface area contributed by atoms with Crippen molar-refractivity contribution in [3.05, 3.63) is 81.7 Å². The second kappa shape index (κ2) is 13.6. The summed E-state index contributed by atoms with van der Waals surface area (Å²) in [4.78, 5) is 35.3. The van der Waals surface area contributed by atoms with E-state index in [4.69, 9.17) is 30.1 Å². The molecule has 2 aromatic rings. The molecule has 0 saturated carbocycles. The SMILES string of the molecule is CCOC(=O)/C1=C(\C)[N-]c2ccccc2N=C(C)/C(C(=O)OCC)=C(/C)[N-]c2ccccc2N=C1C.[Ni+2]. The van der Waals surface area contributed by atoms with E-state index in [1.54, 1.807) is 65.8 Å².